The van der Waals surface area contributed by atoms with Crippen LogP contribution in [-0.2, 0) is 14.3 Å². The van der Waals surface area contributed by atoms with Crippen LogP contribution in [0.1, 0.15) is 168 Å². The topological polar surface area (TPSA) is 169 Å². The number of carbonyl (C=O) groups excluding carboxylic acids is 1. The highest BCUT2D eigenvalue weighted by Crippen LogP contribution is 2.22. The molecule has 0 spiro atoms. The van der Waals surface area contributed by atoms with Crippen LogP contribution in [-0.4, -0.2) is 98.7 Å². The van der Waals surface area contributed by atoms with Gasteiger partial charge in [-0.05, 0) is 39.0 Å². The van der Waals surface area contributed by atoms with E-state index in [2.05, 4.69) is 44.3 Å². The minimum absolute atomic E-state index is 0.300. The molecule has 0 aromatic heterocycles. The minimum Gasteiger partial charge on any atom is -0.394 e. The van der Waals surface area contributed by atoms with Crippen LogP contribution in [0.15, 0.2) is 36.0 Å². The lowest BCUT2D eigenvalue weighted by atomic mass is 9.99. The Bertz CT molecular complexity index is 971. The first-order valence-corrected chi connectivity index (χ1v) is 21.2. The number of hydrogen-bond acceptors (Lipinski definition) is 9. The Morgan fingerprint density at radius 3 is 1.83 bits per heavy atom. The normalized spacial score (nSPS) is 22.8. The molecule has 1 aliphatic heterocycles. The molecule has 0 bridgehead atoms. The third-order valence-electron chi connectivity index (χ3n) is 10.2. The Balaban J connectivity index is 2.59. The van der Waals surface area contributed by atoms with Crippen molar-refractivity contribution >= 4 is 5.91 Å². The average Bonchev–Trinajstić information content (AvgIpc) is 3.15. The van der Waals surface area contributed by atoms with Gasteiger partial charge < -0.3 is 45.4 Å². The number of ether oxygens (including phenoxy) is 2. The molecule has 1 rings (SSSR count). The number of aliphatic hydroxyl groups is 6. The standard InChI is InChI=1S/C43H79NO9/c1-4-6-8-10-12-14-15-16-18-20-22-26-31-37(47)42(51)44-35(33-52-43-41(50)40(49)39(48)38(32-45)53-43)36(46)30-27-23-25-29-34(3)28-24-21-19-17-13-11-9-7-5-2/h24,27-30,35-41,43,45-50H,4-23,25-26,31-33H2,1-3H3,(H,44,51)/b28-24+,30-27+,34-29+/t35-,36+,37+,38?,39+,40?,41?,43+/m0/s1. The monoisotopic (exact) mass is 754 g/mol. The maximum atomic E-state index is 13.0. The van der Waals surface area contributed by atoms with Crippen molar-refractivity contribution in [1.29, 1.82) is 0 Å². The highest BCUT2D eigenvalue weighted by Gasteiger charge is 2.44. The fraction of sp³-hybridized carbons (Fsp3) is 0.837. The van der Waals surface area contributed by atoms with E-state index in [1.807, 2.05) is 6.08 Å². The van der Waals surface area contributed by atoms with Gasteiger partial charge in [-0.3, -0.25) is 4.79 Å². The summed E-state index contributed by atoms with van der Waals surface area (Å²) in [6, 6.07) is -1.01. The summed E-state index contributed by atoms with van der Waals surface area (Å²) in [5.74, 6) is -0.634. The molecule has 53 heavy (non-hydrogen) atoms. The summed E-state index contributed by atoms with van der Waals surface area (Å²) in [7, 11) is 0. The van der Waals surface area contributed by atoms with Crippen LogP contribution in [0, 0.1) is 0 Å². The first-order chi connectivity index (χ1) is 25.7. The number of carbonyl (C=O) groups is 1. The molecule has 1 aliphatic rings. The van der Waals surface area contributed by atoms with E-state index in [1.54, 1.807) is 6.08 Å². The van der Waals surface area contributed by atoms with Crippen molar-refractivity contribution in [2.75, 3.05) is 13.2 Å². The van der Waals surface area contributed by atoms with Gasteiger partial charge in [-0.15, -0.1) is 0 Å². The third kappa shape index (κ3) is 23.8. The fourth-order valence-electron chi connectivity index (χ4n) is 6.55. The Morgan fingerprint density at radius 1 is 0.717 bits per heavy atom. The van der Waals surface area contributed by atoms with Crippen LogP contribution in [0.5, 0.6) is 0 Å². The molecule has 3 unspecified atom stereocenters. The summed E-state index contributed by atoms with van der Waals surface area (Å²) in [6.45, 7) is 5.61. The van der Waals surface area contributed by atoms with E-state index >= 15 is 0 Å². The molecule has 1 fully saturated rings. The Kier molecular flexibility index (Phi) is 30.4. The molecule has 0 aliphatic carbocycles. The first-order valence-electron chi connectivity index (χ1n) is 21.2. The van der Waals surface area contributed by atoms with Crippen LogP contribution < -0.4 is 5.32 Å². The number of hydrogen-bond donors (Lipinski definition) is 7. The second-order valence-electron chi connectivity index (χ2n) is 15.1. The van der Waals surface area contributed by atoms with E-state index in [9.17, 15) is 35.4 Å². The molecule has 1 amide bonds. The quantitative estimate of drug-likeness (QED) is 0.0210. The SMILES string of the molecule is CCCCCCCCC/C=C/C(C)=C/CC/C=C/[C@@H](O)[C@H](CO[C@@H]1OC(CO)[C@@H](O)C(O)C1O)NC(=O)[C@H](O)CCCCCCCCCCCCCC. The molecule has 7 N–H and O–H groups in total. The van der Waals surface area contributed by atoms with Crippen LogP contribution >= 0.6 is 0 Å². The molecule has 1 saturated heterocycles. The van der Waals surface area contributed by atoms with Crippen LogP contribution in [0.25, 0.3) is 0 Å². The van der Waals surface area contributed by atoms with Crippen molar-refractivity contribution in [1.82, 2.24) is 5.32 Å². The number of aliphatic hydroxyl groups excluding tert-OH is 6. The van der Waals surface area contributed by atoms with Gasteiger partial charge in [-0.25, -0.2) is 0 Å². The zero-order valence-corrected chi connectivity index (χ0v) is 33.6. The Morgan fingerprint density at radius 2 is 1.26 bits per heavy atom. The summed E-state index contributed by atoms with van der Waals surface area (Å²) in [5, 5.41) is 64.5. The van der Waals surface area contributed by atoms with Crippen LogP contribution in [0.3, 0.4) is 0 Å². The summed E-state index contributed by atoms with van der Waals surface area (Å²) >= 11 is 0. The predicted molar refractivity (Wildman–Crippen MR) is 213 cm³/mol. The zero-order chi connectivity index (χ0) is 39.1. The Labute approximate surface area is 322 Å². The van der Waals surface area contributed by atoms with Crippen molar-refractivity contribution in [3.05, 3.63) is 36.0 Å². The summed E-state index contributed by atoms with van der Waals surface area (Å²) < 4.78 is 11.1. The van der Waals surface area contributed by atoms with Crippen LogP contribution in [0.2, 0.25) is 0 Å². The Hall–Kier alpha value is -1.63. The highest BCUT2D eigenvalue weighted by molar-refractivity contribution is 5.80. The van der Waals surface area contributed by atoms with E-state index in [-0.39, 0.29) is 6.61 Å². The lowest BCUT2D eigenvalue weighted by Crippen LogP contribution is -2.60. The molecule has 10 nitrogen and oxygen atoms in total. The van der Waals surface area contributed by atoms with E-state index in [4.69, 9.17) is 9.47 Å². The van der Waals surface area contributed by atoms with Gasteiger partial charge in [0.2, 0.25) is 5.91 Å². The number of allylic oxidation sites excluding steroid dienone is 5. The molecule has 0 aromatic carbocycles. The minimum atomic E-state index is -1.62. The lowest BCUT2D eigenvalue weighted by Gasteiger charge is -2.40. The predicted octanol–water partition coefficient (Wildman–Crippen LogP) is 7.08. The number of nitrogens with one attached hydrogen (secondary N) is 1. The third-order valence-corrected chi connectivity index (χ3v) is 10.2. The van der Waals surface area contributed by atoms with Gasteiger partial charge in [0, 0.05) is 0 Å². The molecule has 0 saturated carbocycles. The van der Waals surface area contributed by atoms with Gasteiger partial charge in [0.1, 0.15) is 30.5 Å². The maximum absolute atomic E-state index is 13.0. The summed E-state index contributed by atoms with van der Waals surface area (Å²) in [6.07, 6.45) is 26.2. The number of amides is 1. The van der Waals surface area contributed by atoms with Crippen molar-refractivity contribution in [3.63, 3.8) is 0 Å². The lowest BCUT2D eigenvalue weighted by molar-refractivity contribution is -0.302. The van der Waals surface area contributed by atoms with E-state index < -0.39 is 61.5 Å². The number of rotatable bonds is 33. The van der Waals surface area contributed by atoms with E-state index in [0.717, 1.165) is 32.1 Å². The first kappa shape index (κ1) is 49.4. The van der Waals surface area contributed by atoms with E-state index in [1.165, 1.54) is 102 Å². The fourth-order valence-corrected chi connectivity index (χ4v) is 6.55. The molecule has 1 heterocycles. The van der Waals surface area contributed by atoms with Crippen molar-refractivity contribution in [2.45, 2.75) is 217 Å². The van der Waals surface area contributed by atoms with Gasteiger partial charge in [0.05, 0.1) is 25.4 Å². The van der Waals surface area contributed by atoms with Gasteiger partial charge in [-0.1, -0.05) is 165 Å². The second-order valence-corrected chi connectivity index (χ2v) is 15.1. The van der Waals surface area contributed by atoms with Crippen molar-refractivity contribution in [3.8, 4) is 0 Å². The number of unbranched alkanes of at least 4 members (excludes halogenated alkanes) is 19. The van der Waals surface area contributed by atoms with Gasteiger partial charge in [0.15, 0.2) is 6.29 Å². The molecule has 310 valence electrons. The molecule has 0 aromatic rings. The highest BCUT2D eigenvalue weighted by atomic mass is 16.7. The second kappa shape index (κ2) is 32.6. The zero-order valence-electron chi connectivity index (χ0n) is 33.6. The molecule has 0 radical (unpaired) electrons. The van der Waals surface area contributed by atoms with Gasteiger partial charge in [-0.2, -0.15) is 0 Å². The van der Waals surface area contributed by atoms with Crippen molar-refractivity contribution in [2.24, 2.45) is 0 Å². The maximum Gasteiger partial charge on any atom is 0.249 e. The van der Waals surface area contributed by atoms with Crippen molar-refractivity contribution < 1.29 is 44.9 Å². The largest absolute Gasteiger partial charge is 0.394 e. The molecule has 10 heteroatoms. The summed E-state index contributed by atoms with van der Waals surface area (Å²) in [5.41, 5.74) is 1.18. The van der Waals surface area contributed by atoms with E-state index in [0.29, 0.717) is 19.3 Å². The van der Waals surface area contributed by atoms with Gasteiger partial charge >= 0.3 is 0 Å². The molecular weight excluding hydrogens is 674 g/mol. The molecule has 8 atom stereocenters. The smallest absolute Gasteiger partial charge is 0.249 e. The van der Waals surface area contributed by atoms with Gasteiger partial charge in [0.25, 0.3) is 0 Å². The summed E-state index contributed by atoms with van der Waals surface area (Å²) in [4.78, 5) is 13.0. The average molecular weight is 754 g/mol. The van der Waals surface area contributed by atoms with Crippen LogP contribution in [0.4, 0.5) is 0 Å². The molecular formula is C43H79NO9.